The summed E-state index contributed by atoms with van der Waals surface area (Å²) in [6.07, 6.45) is 2.95. The third-order valence-electron chi connectivity index (χ3n) is 6.16. The van der Waals surface area contributed by atoms with Crippen LogP contribution in [0.15, 0.2) is 78.9 Å². The number of carbonyl (C=O) groups excluding carboxylic acids is 2. The summed E-state index contributed by atoms with van der Waals surface area (Å²) < 4.78 is 41.1. The van der Waals surface area contributed by atoms with E-state index in [9.17, 15) is 22.4 Å². The Hall–Kier alpha value is -2.99. The lowest BCUT2D eigenvalue weighted by Gasteiger charge is -2.33. The van der Waals surface area contributed by atoms with Crippen LogP contribution in [-0.2, 0) is 32.6 Å². The SMILES string of the molecule is CCCCNC(=O)[C@H](Cc1ccccc1)N(Cc1ccc(F)cc1)C(=O)CN(c1ccc(I)cc1)S(C)(=O)=O. The van der Waals surface area contributed by atoms with Crippen molar-refractivity contribution in [1.29, 1.82) is 0 Å². The summed E-state index contributed by atoms with van der Waals surface area (Å²) in [6, 6.07) is 20.9. The van der Waals surface area contributed by atoms with Crippen LogP contribution in [0.2, 0.25) is 0 Å². The van der Waals surface area contributed by atoms with E-state index in [0.29, 0.717) is 17.8 Å². The first-order chi connectivity index (χ1) is 18.6. The Morgan fingerprint density at radius 3 is 2.18 bits per heavy atom. The van der Waals surface area contributed by atoms with Crippen molar-refractivity contribution < 1.29 is 22.4 Å². The quantitative estimate of drug-likeness (QED) is 0.211. The van der Waals surface area contributed by atoms with Crippen LogP contribution in [-0.4, -0.2) is 50.5 Å². The normalized spacial score (nSPS) is 12.0. The third-order valence-corrected chi connectivity index (χ3v) is 8.02. The van der Waals surface area contributed by atoms with E-state index in [-0.39, 0.29) is 18.9 Å². The smallest absolute Gasteiger partial charge is 0.244 e. The predicted molar refractivity (Wildman–Crippen MR) is 160 cm³/mol. The third kappa shape index (κ3) is 9.31. The molecule has 0 bridgehead atoms. The number of unbranched alkanes of at least 4 members (excludes halogenated alkanes) is 1. The monoisotopic (exact) mass is 665 g/mol. The van der Waals surface area contributed by atoms with Gasteiger partial charge in [0.25, 0.3) is 0 Å². The fraction of sp³-hybridized carbons (Fsp3) is 0.310. The van der Waals surface area contributed by atoms with Gasteiger partial charge in [-0.05, 0) is 76.5 Å². The topological polar surface area (TPSA) is 86.8 Å². The Labute approximate surface area is 243 Å². The van der Waals surface area contributed by atoms with Crippen LogP contribution in [0.25, 0.3) is 0 Å². The van der Waals surface area contributed by atoms with Gasteiger partial charge >= 0.3 is 0 Å². The highest BCUT2D eigenvalue weighted by molar-refractivity contribution is 14.1. The maximum atomic E-state index is 13.9. The summed E-state index contributed by atoms with van der Waals surface area (Å²) in [5.41, 5.74) is 1.81. The van der Waals surface area contributed by atoms with Crippen LogP contribution in [0.3, 0.4) is 0 Å². The molecule has 0 aliphatic rings. The molecule has 3 aromatic carbocycles. The number of anilines is 1. The highest BCUT2D eigenvalue weighted by atomic mass is 127. The summed E-state index contributed by atoms with van der Waals surface area (Å²) >= 11 is 2.12. The van der Waals surface area contributed by atoms with Crippen LogP contribution < -0.4 is 9.62 Å². The molecule has 7 nitrogen and oxygen atoms in total. The molecule has 0 fully saturated rings. The molecule has 0 spiro atoms. The number of carbonyl (C=O) groups is 2. The molecule has 0 saturated heterocycles. The molecule has 0 heterocycles. The van der Waals surface area contributed by atoms with E-state index in [1.807, 2.05) is 37.3 Å². The molecule has 0 unspecified atom stereocenters. The van der Waals surface area contributed by atoms with Crippen molar-refractivity contribution in [1.82, 2.24) is 10.2 Å². The van der Waals surface area contributed by atoms with E-state index in [1.54, 1.807) is 36.4 Å². The predicted octanol–water partition coefficient (Wildman–Crippen LogP) is 4.75. The standard InChI is InChI=1S/C29H33FIN3O4S/c1-3-4-18-32-29(36)27(19-22-8-6-5-7-9-22)33(20-23-10-12-24(30)13-11-23)28(35)21-34(39(2,37)38)26-16-14-25(31)15-17-26/h5-17,27H,3-4,18-21H2,1-2H3,(H,32,36)/t27-/m0/s1. The number of hydrogen-bond acceptors (Lipinski definition) is 4. The number of rotatable bonds is 13. The molecule has 0 aliphatic heterocycles. The number of halogens is 2. The summed E-state index contributed by atoms with van der Waals surface area (Å²) in [5, 5.41) is 2.93. The van der Waals surface area contributed by atoms with Crippen molar-refractivity contribution in [2.24, 2.45) is 0 Å². The fourth-order valence-corrected chi connectivity index (χ4v) is 5.28. The average molecular weight is 666 g/mol. The zero-order chi connectivity index (χ0) is 28.4. The van der Waals surface area contributed by atoms with E-state index in [4.69, 9.17) is 0 Å². The van der Waals surface area contributed by atoms with Gasteiger partial charge in [-0.1, -0.05) is 55.8 Å². The average Bonchev–Trinajstić information content (AvgIpc) is 2.91. The lowest BCUT2D eigenvalue weighted by molar-refractivity contribution is -0.140. The maximum Gasteiger partial charge on any atom is 0.244 e. The largest absolute Gasteiger partial charge is 0.354 e. The van der Waals surface area contributed by atoms with Gasteiger partial charge in [-0.15, -0.1) is 0 Å². The maximum absolute atomic E-state index is 13.9. The molecule has 3 aromatic rings. The number of sulfonamides is 1. The fourth-order valence-electron chi connectivity index (χ4n) is 4.07. The van der Waals surface area contributed by atoms with Crippen molar-refractivity contribution in [3.05, 3.63) is 99.4 Å². The van der Waals surface area contributed by atoms with Crippen LogP contribution in [0.4, 0.5) is 10.1 Å². The number of nitrogens with zero attached hydrogens (tertiary/aromatic N) is 2. The minimum atomic E-state index is -3.83. The first-order valence-electron chi connectivity index (χ1n) is 12.7. The Kier molecular flexibility index (Phi) is 11.3. The van der Waals surface area contributed by atoms with Crippen molar-refractivity contribution in [2.75, 3.05) is 23.7 Å². The number of hydrogen-bond donors (Lipinski definition) is 1. The summed E-state index contributed by atoms with van der Waals surface area (Å²) in [4.78, 5) is 28.8. The van der Waals surface area contributed by atoms with E-state index in [0.717, 1.165) is 32.5 Å². The highest BCUT2D eigenvalue weighted by Crippen LogP contribution is 2.21. The molecule has 0 saturated carbocycles. The molecule has 39 heavy (non-hydrogen) atoms. The van der Waals surface area contributed by atoms with Crippen molar-refractivity contribution in [3.63, 3.8) is 0 Å². The van der Waals surface area contributed by atoms with Gasteiger partial charge in [0, 0.05) is 23.1 Å². The molecular weight excluding hydrogens is 632 g/mol. The molecule has 10 heteroatoms. The van der Waals surface area contributed by atoms with E-state index in [1.165, 1.54) is 17.0 Å². The Balaban J connectivity index is 2.01. The summed E-state index contributed by atoms with van der Waals surface area (Å²) in [6.45, 7) is 1.98. The van der Waals surface area contributed by atoms with Crippen LogP contribution in [0.1, 0.15) is 30.9 Å². The minimum Gasteiger partial charge on any atom is -0.354 e. The first kappa shape index (κ1) is 30.6. The van der Waals surface area contributed by atoms with Crippen LogP contribution >= 0.6 is 22.6 Å². The van der Waals surface area contributed by atoms with Crippen LogP contribution in [0, 0.1) is 9.39 Å². The molecule has 0 aromatic heterocycles. The zero-order valence-electron chi connectivity index (χ0n) is 22.0. The molecule has 1 N–H and O–H groups in total. The van der Waals surface area contributed by atoms with Gasteiger partial charge < -0.3 is 10.2 Å². The van der Waals surface area contributed by atoms with Gasteiger partial charge in [0.15, 0.2) is 0 Å². The minimum absolute atomic E-state index is 0.00208. The van der Waals surface area contributed by atoms with E-state index in [2.05, 4.69) is 27.9 Å². The first-order valence-corrected chi connectivity index (χ1v) is 15.6. The second-order valence-electron chi connectivity index (χ2n) is 9.24. The Morgan fingerprint density at radius 1 is 0.949 bits per heavy atom. The van der Waals surface area contributed by atoms with Crippen molar-refractivity contribution >= 4 is 50.1 Å². The van der Waals surface area contributed by atoms with Gasteiger partial charge in [-0.3, -0.25) is 13.9 Å². The second-order valence-corrected chi connectivity index (χ2v) is 12.4. The summed E-state index contributed by atoms with van der Waals surface area (Å²) in [5.74, 6) is -1.30. The molecule has 208 valence electrons. The Bertz CT molecular complexity index is 1340. The molecule has 1 atom stereocenters. The van der Waals surface area contributed by atoms with Gasteiger partial charge in [0.2, 0.25) is 21.8 Å². The number of amides is 2. The lowest BCUT2D eigenvalue weighted by Crippen LogP contribution is -2.53. The van der Waals surface area contributed by atoms with Gasteiger partial charge in [-0.25, -0.2) is 12.8 Å². The van der Waals surface area contributed by atoms with Crippen molar-refractivity contribution in [2.45, 2.75) is 38.8 Å². The van der Waals surface area contributed by atoms with E-state index < -0.39 is 34.3 Å². The number of nitrogens with one attached hydrogen (secondary N) is 1. The van der Waals surface area contributed by atoms with Gasteiger partial charge in [-0.2, -0.15) is 0 Å². The van der Waals surface area contributed by atoms with Crippen molar-refractivity contribution in [3.8, 4) is 0 Å². The van der Waals surface area contributed by atoms with E-state index >= 15 is 0 Å². The van der Waals surface area contributed by atoms with Gasteiger partial charge in [0.05, 0.1) is 11.9 Å². The zero-order valence-corrected chi connectivity index (χ0v) is 25.0. The second kappa shape index (κ2) is 14.4. The highest BCUT2D eigenvalue weighted by Gasteiger charge is 2.33. The van der Waals surface area contributed by atoms with Crippen LogP contribution in [0.5, 0.6) is 0 Å². The van der Waals surface area contributed by atoms with Gasteiger partial charge in [0.1, 0.15) is 18.4 Å². The molecule has 0 radical (unpaired) electrons. The molecule has 0 aliphatic carbocycles. The summed E-state index contributed by atoms with van der Waals surface area (Å²) in [7, 11) is -3.83. The molecular formula is C29H33FIN3O4S. The Morgan fingerprint density at radius 2 is 1.59 bits per heavy atom. The molecule has 2 amide bonds. The molecule has 3 rings (SSSR count). The number of benzene rings is 3. The lowest BCUT2D eigenvalue weighted by atomic mass is 10.0.